The van der Waals surface area contributed by atoms with Crippen LogP contribution in [0.4, 0.5) is 0 Å². The number of rotatable bonds is 18. The van der Waals surface area contributed by atoms with Gasteiger partial charge in [-0.2, -0.15) is 0 Å². The van der Waals surface area contributed by atoms with Crippen molar-refractivity contribution >= 4 is 0 Å². The zero-order valence-electron chi connectivity index (χ0n) is 14.8. The number of unbranched alkanes of at least 4 members (excludes halogenated alkanes) is 13. The van der Waals surface area contributed by atoms with Crippen molar-refractivity contribution in [2.45, 2.75) is 103 Å². The van der Waals surface area contributed by atoms with Gasteiger partial charge in [-0.15, -0.1) is 0 Å². The van der Waals surface area contributed by atoms with Crippen molar-refractivity contribution in [3.05, 3.63) is 0 Å². The van der Waals surface area contributed by atoms with E-state index in [1.54, 1.807) is 0 Å². The van der Waals surface area contributed by atoms with Crippen molar-refractivity contribution in [3.63, 3.8) is 0 Å². The van der Waals surface area contributed by atoms with E-state index in [2.05, 4.69) is 12.2 Å². The Bertz CT molecular complexity index is 153. The van der Waals surface area contributed by atoms with Crippen LogP contribution in [0.2, 0.25) is 0 Å². The SMILES string of the molecule is CCCCCCCCCCNCCCCCCCCCN. The number of hydrogen-bond acceptors (Lipinski definition) is 2. The van der Waals surface area contributed by atoms with Gasteiger partial charge in [-0.1, -0.05) is 84.0 Å². The highest BCUT2D eigenvalue weighted by Gasteiger charge is 1.93. The topological polar surface area (TPSA) is 38.0 Å². The van der Waals surface area contributed by atoms with E-state index >= 15 is 0 Å². The molecular formula is C19H42N2. The van der Waals surface area contributed by atoms with Gasteiger partial charge in [0.1, 0.15) is 0 Å². The molecule has 0 bridgehead atoms. The quantitative estimate of drug-likeness (QED) is 0.332. The predicted molar refractivity (Wildman–Crippen MR) is 96.9 cm³/mol. The lowest BCUT2D eigenvalue weighted by atomic mass is 10.1. The first-order chi connectivity index (χ1) is 10.4. The van der Waals surface area contributed by atoms with E-state index in [0.717, 1.165) is 6.54 Å². The first-order valence-electron chi connectivity index (χ1n) is 9.82. The van der Waals surface area contributed by atoms with Crippen LogP contribution >= 0.6 is 0 Å². The van der Waals surface area contributed by atoms with Gasteiger partial charge in [0.15, 0.2) is 0 Å². The molecule has 0 heterocycles. The van der Waals surface area contributed by atoms with Gasteiger partial charge >= 0.3 is 0 Å². The lowest BCUT2D eigenvalue weighted by molar-refractivity contribution is 0.533. The largest absolute Gasteiger partial charge is 0.330 e. The summed E-state index contributed by atoms with van der Waals surface area (Å²) in [4.78, 5) is 0. The molecule has 0 saturated carbocycles. The molecule has 21 heavy (non-hydrogen) atoms. The molecule has 128 valence electrons. The molecule has 3 N–H and O–H groups in total. The van der Waals surface area contributed by atoms with Crippen LogP contribution in [-0.4, -0.2) is 19.6 Å². The highest BCUT2D eigenvalue weighted by atomic mass is 14.8. The molecule has 0 rings (SSSR count). The molecule has 0 aromatic rings. The highest BCUT2D eigenvalue weighted by Crippen LogP contribution is 2.08. The first kappa shape index (κ1) is 20.9. The fourth-order valence-electron chi connectivity index (χ4n) is 2.79. The third-order valence-corrected chi connectivity index (χ3v) is 4.26. The number of nitrogens with one attached hydrogen (secondary N) is 1. The van der Waals surface area contributed by atoms with Crippen LogP contribution in [0.15, 0.2) is 0 Å². The summed E-state index contributed by atoms with van der Waals surface area (Å²) >= 11 is 0. The van der Waals surface area contributed by atoms with Gasteiger partial charge < -0.3 is 11.1 Å². The van der Waals surface area contributed by atoms with Crippen LogP contribution in [0.25, 0.3) is 0 Å². The average molecular weight is 299 g/mol. The number of nitrogens with two attached hydrogens (primary N) is 1. The normalized spacial score (nSPS) is 11.1. The molecule has 0 aromatic carbocycles. The smallest absolute Gasteiger partial charge is 0.00489 e. The molecule has 0 saturated heterocycles. The van der Waals surface area contributed by atoms with Crippen LogP contribution in [0.3, 0.4) is 0 Å². The summed E-state index contributed by atoms with van der Waals surface area (Å²) in [6.45, 7) is 5.60. The Morgan fingerprint density at radius 3 is 1.33 bits per heavy atom. The molecule has 0 aliphatic heterocycles. The molecule has 0 fully saturated rings. The van der Waals surface area contributed by atoms with Crippen molar-refractivity contribution < 1.29 is 0 Å². The van der Waals surface area contributed by atoms with E-state index in [1.165, 1.54) is 109 Å². The molecule has 0 aliphatic rings. The summed E-state index contributed by atoms with van der Waals surface area (Å²) in [5.74, 6) is 0. The van der Waals surface area contributed by atoms with E-state index in [0.29, 0.717) is 0 Å². The van der Waals surface area contributed by atoms with Gasteiger partial charge in [-0.25, -0.2) is 0 Å². The molecule has 0 aromatic heterocycles. The maximum Gasteiger partial charge on any atom is -0.00489 e. The summed E-state index contributed by atoms with van der Waals surface area (Å²) in [7, 11) is 0. The molecule has 0 spiro atoms. The second-order valence-corrected chi connectivity index (χ2v) is 6.49. The first-order valence-corrected chi connectivity index (χ1v) is 9.82. The minimum absolute atomic E-state index is 0.864. The van der Waals surface area contributed by atoms with Crippen LogP contribution in [-0.2, 0) is 0 Å². The van der Waals surface area contributed by atoms with Gasteiger partial charge in [0, 0.05) is 0 Å². The fraction of sp³-hybridized carbons (Fsp3) is 1.00. The molecule has 0 amide bonds. The van der Waals surface area contributed by atoms with Gasteiger partial charge in [0.25, 0.3) is 0 Å². The van der Waals surface area contributed by atoms with E-state index in [1.807, 2.05) is 0 Å². The summed E-state index contributed by atoms with van der Waals surface area (Å²) < 4.78 is 0. The number of hydrogen-bond donors (Lipinski definition) is 2. The van der Waals surface area contributed by atoms with Gasteiger partial charge in [0.05, 0.1) is 0 Å². The second-order valence-electron chi connectivity index (χ2n) is 6.49. The Labute approximate surface area is 134 Å². The van der Waals surface area contributed by atoms with Crippen LogP contribution in [0, 0.1) is 0 Å². The lowest BCUT2D eigenvalue weighted by Gasteiger charge is -2.05. The maximum absolute atomic E-state index is 5.49. The molecule has 2 heteroatoms. The third kappa shape index (κ3) is 19.9. The van der Waals surface area contributed by atoms with Gasteiger partial charge in [-0.05, 0) is 38.9 Å². The van der Waals surface area contributed by atoms with Gasteiger partial charge in [0.2, 0.25) is 0 Å². The van der Waals surface area contributed by atoms with Crippen molar-refractivity contribution in [1.29, 1.82) is 0 Å². The molecule has 0 aliphatic carbocycles. The standard InChI is InChI=1S/C19H42N2/c1-2-3-4-5-6-9-12-15-18-21-19-16-13-10-7-8-11-14-17-20/h21H,2-20H2,1H3. The predicted octanol–water partition coefficient (Wildman–Crippen LogP) is 5.41. The third-order valence-electron chi connectivity index (χ3n) is 4.26. The zero-order chi connectivity index (χ0) is 15.4. The van der Waals surface area contributed by atoms with Crippen molar-refractivity contribution in [1.82, 2.24) is 5.32 Å². The van der Waals surface area contributed by atoms with Gasteiger partial charge in [-0.3, -0.25) is 0 Å². The lowest BCUT2D eigenvalue weighted by Crippen LogP contribution is -2.16. The van der Waals surface area contributed by atoms with Crippen molar-refractivity contribution in [2.24, 2.45) is 5.73 Å². The van der Waals surface area contributed by atoms with E-state index in [4.69, 9.17) is 5.73 Å². The van der Waals surface area contributed by atoms with Crippen LogP contribution in [0.1, 0.15) is 103 Å². The summed E-state index contributed by atoms with van der Waals surface area (Å²) in [6, 6.07) is 0. The van der Waals surface area contributed by atoms with Crippen LogP contribution in [0.5, 0.6) is 0 Å². The van der Waals surface area contributed by atoms with E-state index < -0.39 is 0 Å². The molecule has 0 radical (unpaired) electrons. The summed E-state index contributed by atoms with van der Waals surface area (Å²) in [5.41, 5.74) is 5.49. The Kier molecular flexibility index (Phi) is 19.8. The minimum Gasteiger partial charge on any atom is -0.330 e. The molecular weight excluding hydrogens is 256 g/mol. The highest BCUT2D eigenvalue weighted by molar-refractivity contribution is 4.52. The van der Waals surface area contributed by atoms with E-state index in [-0.39, 0.29) is 0 Å². The fourth-order valence-corrected chi connectivity index (χ4v) is 2.79. The average Bonchev–Trinajstić information content (AvgIpc) is 2.50. The molecule has 2 nitrogen and oxygen atoms in total. The van der Waals surface area contributed by atoms with E-state index in [9.17, 15) is 0 Å². The van der Waals surface area contributed by atoms with Crippen LogP contribution < -0.4 is 11.1 Å². The zero-order valence-corrected chi connectivity index (χ0v) is 14.8. The Hall–Kier alpha value is -0.0800. The minimum atomic E-state index is 0.864. The summed E-state index contributed by atoms with van der Waals surface area (Å²) in [6.07, 6.45) is 20.8. The Morgan fingerprint density at radius 1 is 0.524 bits per heavy atom. The maximum atomic E-state index is 5.49. The molecule has 0 unspecified atom stereocenters. The van der Waals surface area contributed by atoms with Crippen molar-refractivity contribution in [3.8, 4) is 0 Å². The second kappa shape index (κ2) is 19.9. The molecule has 0 atom stereocenters. The monoisotopic (exact) mass is 298 g/mol. The Balaban J connectivity index is 2.90. The van der Waals surface area contributed by atoms with Crippen molar-refractivity contribution in [2.75, 3.05) is 19.6 Å². The summed E-state index contributed by atoms with van der Waals surface area (Å²) in [5, 5.41) is 3.59. The Morgan fingerprint density at radius 2 is 0.905 bits per heavy atom.